The molecule has 4 rings (SSSR count). The predicted octanol–water partition coefficient (Wildman–Crippen LogP) is 4.54. The molecule has 0 saturated heterocycles. The minimum absolute atomic E-state index is 0.206. The van der Waals surface area contributed by atoms with E-state index in [0.717, 1.165) is 45.2 Å². The lowest BCUT2D eigenvalue weighted by molar-refractivity contribution is -0.116. The Morgan fingerprint density at radius 2 is 1.88 bits per heavy atom. The van der Waals surface area contributed by atoms with Crippen LogP contribution in [0.5, 0.6) is 11.5 Å². The number of carbonyl (C=O) groups is 1. The van der Waals surface area contributed by atoms with Gasteiger partial charge in [-0.3, -0.25) is 9.48 Å². The minimum Gasteiger partial charge on any atom is -0.493 e. The first-order valence-electron chi connectivity index (χ1n) is 14.2. The summed E-state index contributed by atoms with van der Waals surface area (Å²) in [7, 11) is 3.70. The second kappa shape index (κ2) is 15.2. The van der Waals surface area contributed by atoms with Crippen molar-refractivity contribution in [2.45, 2.75) is 26.8 Å². The summed E-state index contributed by atoms with van der Waals surface area (Å²) in [5.74, 6) is -1.06. The van der Waals surface area contributed by atoms with Crippen molar-refractivity contribution in [3.8, 4) is 11.5 Å². The molecule has 13 heteroatoms. The predicted molar refractivity (Wildman–Crippen MR) is 162 cm³/mol. The third-order valence-corrected chi connectivity index (χ3v) is 6.98. The lowest BCUT2D eigenvalue weighted by Gasteiger charge is -2.23. The molecule has 0 aliphatic rings. The number of fused-ring (bicyclic) bond motifs is 1. The van der Waals surface area contributed by atoms with E-state index in [-0.39, 0.29) is 12.2 Å². The first-order valence-corrected chi connectivity index (χ1v) is 14.2. The number of nitrogens with one attached hydrogen (secondary N) is 2. The van der Waals surface area contributed by atoms with Gasteiger partial charge in [0.1, 0.15) is 18.7 Å². The van der Waals surface area contributed by atoms with Crippen LogP contribution in [0, 0.1) is 11.6 Å². The summed E-state index contributed by atoms with van der Waals surface area (Å²) in [6.07, 6.45) is 5.43. The van der Waals surface area contributed by atoms with Crippen molar-refractivity contribution < 1.29 is 23.0 Å². The van der Waals surface area contributed by atoms with Gasteiger partial charge in [-0.2, -0.15) is 5.10 Å². The molecule has 0 bridgehead atoms. The van der Waals surface area contributed by atoms with Crippen LogP contribution < -0.4 is 20.1 Å². The Morgan fingerprint density at radius 1 is 1.07 bits per heavy atom. The van der Waals surface area contributed by atoms with Crippen molar-refractivity contribution in [2.24, 2.45) is 0 Å². The van der Waals surface area contributed by atoms with Crippen LogP contribution in [0.2, 0.25) is 0 Å². The molecule has 11 nitrogen and oxygen atoms in total. The zero-order valence-corrected chi connectivity index (χ0v) is 24.9. The Bertz CT molecular complexity index is 1510. The summed E-state index contributed by atoms with van der Waals surface area (Å²) in [4.78, 5) is 25.8. The highest BCUT2D eigenvalue weighted by Gasteiger charge is 2.15. The third-order valence-electron chi connectivity index (χ3n) is 6.98. The van der Waals surface area contributed by atoms with Crippen LogP contribution in [-0.2, 0) is 11.3 Å². The number of halogens is 2. The van der Waals surface area contributed by atoms with E-state index in [1.807, 2.05) is 12.1 Å². The Balaban J connectivity index is 1.36. The quantitative estimate of drug-likeness (QED) is 0.180. The molecule has 2 N–H and O–H groups in total. The SMILES string of the molecule is CCN(CC)CCN(C)CCCOc1cc2ncnc(Nc3cnn(CC(=O)Nc4cccc(F)c4F)c3)c2cc1OC. The van der Waals surface area contributed by atoms with Crippen molar-refractivity contribution in [3.05, 3.63) is 60.7 Å². The maximum absolute atomic E-state index is 13.9. The smallest absolute Gasteiger partial charge is 0.246 e. The molecule has 0 spiro atoms. The second-order valence-corrected chi connectivity index (χ2v) is 9.98. The number of aromatic nitrogens is 4. The molecule has 2 aromatic heterocycles. The van der Waals surface area contributed by atoms with Crippen LogP contribution in [0.15, 0.2) is 49.1 Å². The van der Waals surface area contributed by atoms with Gasteiger partial charge in [0, 0.05) is 37.3 Å². The number of carbonyl (C=O) groups excluding carboxylic acids is 1. The van der Waals surface area contributed by atoms with Crippen molar-refractivity contribution >= 4 is 34.0 Å². The first kappa shape index (κ1) is 31.6. The number of ether oxygens (including phenoxy) is 2. The molecule has 0 atom stereocenters. The van der Waals surface area contributed by atoms with Gasteiger partial charge in [0.25, 0.3) is 0 Å². The lowest BCUT2D eigenvalue weighted by atomic mass is 10.2. The molecule has 0 saturated carbocycles. The van der Waals surface area contributed by atoms with Crippen molar-refractivity contribution in [2.75, 3.05) is 64.1 Å². The average Bonchev–Trinajstić information content (AvgIpc) is 3.44. The highest BCUT2D eigenvalue weighted by Crippen LogP contribution is 2.34. The van der Waals surface area contributed by atoms with Crippen LogP contribution in [-0.4, -0.2) is 88.9 Å². The molecule has 1 amide bonds. The Labute approximate surface area is 249 Å². The zero-order chi connectivity index (χ0) is 30.8. The monoisotopic (exact) mass is 596 g/mol. The molecule has 0 aliphatic heterocycles. The fourth-order valence-electron chi connectivity index (χ4n) is 4.50. The van der Waals surface area contributed by atoms with Crippen molar-refractivity contribution in [1.82, 2.24) is 29.5 Å². The van der Waals surface area contributed by atoms with Gasteiger partial charge in [-0.05, 0) is 44.8 Å². The van der Waals surface area contributed by atoms with E-state index in [9.17, 15) is 13.6 Å². The summed E-state index contributed by atoms with van der Waals surface area (Å²) in [5, 5.41) is 10.4. The zero-order valence-electron chi connectivity index (χ0n) is 24.9. The largest absolute Gasteiger partial charge is 0.493 e. The molecule has 0 fully saturated rings. The first-order chi connectivity index (χ1) is 20.8. The van der Waals surface area contributed by atoms with Crippen molar-refractivity contribution in [1.29, 1.82) is 0 Å². The summed E-state index contributed by atoms with van der Waals surface area (Å²) < 4.78 is 40.3. The van der Waals surface area contributed by atoms with E-state index in [0.29, 0.717) is 40.5 Å². The van der Waals surface area contributed by atoms with Crippen LogP contribution in [0.1, 0.15) is 20.3 Å². The highest BCUT2D eigenvalue weighted by atomic mass is 19.2. The van der Waals surface area contributed by atoms with Crippen LogP contribution >= 0.6 is 0 Å². The summed E-state index contributed by atoms with van der Waals surface area (Å²) in [5.41, 5.74) is 0.987. The number of nitrogens with zero attached hydrogens (tertiary/aromatic N) is 6. The number of hydrogen-bond acceptors (Lipinski definition) is 9. The highest BCUT2D eigenvalue weighted by molar-refractivity contribution is 5.93. The van der Waals surface area contributed by atoms with Gasteiger partial charge in [-0.15, -0.1) is 0 Å². The molecule has 2 aromatic carbocycles. The molecule has 4 aromatic rings. The molecule has 43 heavy (non-hydrogen) atoms. The fraction of sp³-hybridized carbons (Fsp3) is 0.400. The van der Waals surface area contributed by atoms with E-state index < -0.39 is 17.5 Å². The summed E-state index contributed by atoms with van der Waals surface area (Å²) >= 11 is 0. The van der Waals surface area contributed by atoms with Gasteiger partial charge in [0.05, 0.1) is 36.8 Å². The number of anilines is 3. The topological polar surface area (TPSA) is 110 Å². The molecular formula is C30H38F2N8O3. The second-order valence-electron chi connectivity index (χ2n) is 9.98. The number of benzene rings is 2. The van der Waals surface area contributed by atoms with Gasteiger partial charge < -0.3 is 29.9 Å². The average molecular weight is 597 g/mol. The molecule has 0 unspecified atom stereocenters. The van der Waals surface area contributed by atoms with Gasteiger partial charge in [0.15, 0.2) is 23.1 Å². The molecular weight excluding hydrogens is 558 g/mol. The Kier molecular flexibility index (Phi) is 11.2. The van der Waals surface area contributed by atoms with E-state index in [2.05, 4.69) is 56.4 Å². The maximum Gasteiger partial charge on any atom is 0.246 e. The Hall–Kier alpha value is -4.36. The fourth-order valence-corrected chi connectivity index (χ4v) is 4.50. The normalized spacial score (nSPS) is 11.3. The van der Waals surface area contributed by atoms with Gasteiger partial charge in [-0.1, -0.05) is 19.9 Å². The van der Waals surface area contributed by atoms with Gasteiger partial charge in [-0.25, -0.2) is 18.7 Å². The van der Waals surface area contributed by atoms with Crippen LogP contribution in [0.25, 0.3) is 10.9 Å². The Morgan fingerprint density at radius 3 is 2.65 bits per heavy atom. The minimum atomic E-state index is -1.12. The number of amides is 1. The van der Waals surface area contributed by atoms with Crippen LogP contribution in [0.4, 0.5) is 26.0 Å². The van der Waals surface area contributed by atoms with Gasteiger partial charge in [0.2, 0.25) is 5.91 Å². The van der Waals surface area contributed by atoms with E-state index in [1.165, 1.54) is 29.3 Å². The number of likely N-dealkylation sites (N-methyl/N-ethyl adjacent to an activating group) is 2. The third kappa shape index (κ3) is 8.58. The molecule has 0 radical (unpaired) electrons. The van der Waals surface area contributed by atoms with E-state index in [1.54, 1.807) is 13.3 Å². The number of methoxy groups -OCH3 is 1. The van der Waals surface area contributed by atoms with Crippen LogP contribution in [0.3, 0.4) is 0 Å². The standard InChI is InChI=1S/C30H38F2N8O3/c1-5-39(6-2)13-12-38(3)11-8-14-43-27-16-25-22(15-26(27)42-4)30(34-20-33-25)36-21-17-35-40(18-21)19-28(41)37-24-10-7-9-23(31)29(24)32/h7,9-10,15-18,20H,5-6,8,11-14,19H2,1-4H3,(H,37,41)(H,33,34,36). The van der Waals surface area contributed by atoms with E-state index in [4.69, 9.17) is 9.47 Å². The molecule has 2 heterocycles. The lowest BCUT2D eigenvalue weighted by Crippen LogP contribution is -2.33. The number of hydrogen-bond donors (Lipinski definition) is 2. The molecule has 230 valence electrons. The molecule has 0 aliphatic carbocycles. The van der Waals surface area contributed by atoms with Gasteiger partial charge >= 0.3 is 0 Å². The maximum atomic E-state index is 13.9. The summed E-state index contributed by atoms with van der Waals surface area (Å²) in [6, 6.07) is 7.21. The summed E-state index contributed by atoms with van der Waals surface area (Å²) in [6.45, 7) is 9.78. The number of rotatable bonds is 16. The van der Waals surface area contributed by atoms with Crippen molar-refractivity contribution in [3.63, 3.8) is 0 Å². The van der Waals surface area contributed by atoms with E-state index >= 15 is 0 Å².